The average molecular weight is 279 g/mol. The van der Waals surface area contributed by atoms with Crippen LogP contribution in [0.3, 0.4) is 0 Å². The number of benzene rings is 1. The van der Waals surface area contributed by atoms with E-state index in [4.69, 9.17) is 28.5 Å². The molecule has 0 amide bonds. The van der Waals surface area contributed by atoms with E-state index in [0.717, 1.165) is 0 Å². The Morgan fingerprint density at radius 2 is 1.94 bits per heavy atom. The zero-order valence-corrected chi connectivity index (χ0v) is 10.7. The second-order valence-electron chi connectivity index (χ2n) is 3.69. The summed E-state index contributed by atoms with van der Waals surface area (Å²) in [4.78, 5) is 14.5. The smallest absolute Gasteiger partial charge is 0.256 e. The first-order chi connectivity index (χ1) is 8.61. The fraction of sp³-hybridized carbons (Fsp3) is 0.0769. The van der Waals surface area contributed by atoms with Crippen LogP contribution in [-0.4, -0.2) is 4.98 Å². The summed E-state index contributed by atoms with van der Waals surface area (Å²) in [6.07, 6.45) is 0.177. The molecule has 0 aliphatic carbocycles. The summed E-state index contributed by atoms with van der Waals surface area (Å²) in [6.45, 7) is 0. The minimum absolute atomic E-state index is 0.177. The van der Waals surface area contributed by atoms with E-state index in [1.54, 1.807) is 30.3 Å². The molecule has 2 aromatic rings. The standard InChI is InChI=1S/C13H8Cl2N2O/c14-11-4-1-8(7-12(11)15)10-3-2-9(5-6-16)17-13(10)18/h1-4,7H,5H2,(H,17,18). The van der Waals surface area contributed by atoms with E-state index in [0.29, 0.717) is 26.9 Å². The van der Waals surface area contributed by atoms with Crippen LogP contribution in [0.2, 0.25) is 10.0 Å². The Morgan fingerprint density at radius 3 is 2.56 bits per heavy atom. The molecule has 0 unspecified atom stereocenters. The van der Waals surface area contributed by atoms with Gasteiger partial charge in [0.15, 0.2) is 0 Å². The molecule has 0 aliphatic rings. The molecule has 5 heteroatoms. The molecular formula is C13H8Cl2N2O. The highest BCUT2D eigenvalue weighted by Crippen LogP contribution is 2.26. The Labute approximate surface area is 114 Å². The van der Waals surface area contributed by atoms with E-state index in [1.807, 2.05) is 6.07 Å². The zero-order chi connectivity index (χ0) is 13.1. The van der Waals surface area contributed by atoms with Crippen LogP contribution in [0.25, 0.3) is 11.1 Å². The van der Waals surface area contributed by atoms with Crippen LogP contribution >= 0.6 is 23.2 Å². The lowest BCUT2D eigenvalue weighted by Crippen LogP contribution is -2.10. The highest BCUT2D eigenvalue weighted by Gasteiger charge is 2.06. The molecule has 1 N–H and O–H groups in total. The van der Waals surface area contributed by atoms with Gasteiger partial charge in [0.25, 0.3) is 5.56 Å². The Balaban J connectivity index is 2.48. The second kappa shape index (κ2) is 5.26. The molecule has 0 spiro atoms. The van der Waals surface area contributed by atoms with Gasteiger partial charge in [-0.15, -0.1) is 0 Å². The van der Waals surface area contributed by atoms with Gasteiger partial charge in [0.1, 0.15) is 0 Å². The van der Waals surface area contributed by atoms with E-state index in [9.17, 15) is 4.79 Å². The maximum Gasteiger partial charge on any atom is 0.256 e. The first-order valence-corrected chi connectivity index (χ1v) is 5.92. The van der Waals surface area contributed by atoms with Crippen molar-refractivity contribution in [2.24, 2.45) is 0 Å². The molecule has 1 heterocycles. The van der Waals surface area contributed by atoms with Gasteiger partial charge in [0.2, 0.25) is 0 Å². The summed E-state index contributed by atoms with van der Waals surface area (Å²) in [5.74, 6) is 0. The fourth-order valence-corrected chi connectivity index (χ4v) is 1.89. The van der Waals surface area contributed by atoms with Crippen LogP contribution < -0.4 is 5.56 Å². The molecule has 0 fully saturated rings. The van der Waals surface area contributed by atoms with E-state index in [-0.39, 0.29) is 12.0 Å². The zero-order valence-electron chi connectivity index (χ0n) is 9.21. The number of nitriles is 1. The lowest BCUT2D eigenvalue weighted by molar-refractivity contribution is 1.08. The van der Waals surface area contributed by atoms with Crippen molar-refractivity contribution < 1.29 is 0 Å². The number of pyridine rings is 1. The van der Waals surface area contributed by atoms with Gasteiger partial charge in [-0.1, -0.05) is 29.3 Å². The highest BCUT2D eigenvalue weighted by atomic mass is 35.5. The first-order valence-electron chi connectivity index (χ1n) is 5.16. The molecule has 0 saturated carbocycles. The number of hydrogen-bond acceptors (Lipinski definition) is 2. The molecule has 3 nitrogen and oxygen atoms in total. The van der Waals surface area contributed by atoms with Gasteiger partial charge in [-0.05, 0) is 29.8 Å². The normalized spacial score (nSPS) is 10.1. The summed E-state index contributed by atoms with van der Waals surface area (Å²) in [5.41, 5.74) is 1.52. The van der Waals surface area contributed by atoms with Gasteiger partial charge in [0.05, 0.1) is 22.5 Å². The maximum atomic E-state index is 11.9. The van der Waals surface area contributed by atoms with Crippen LogP contribution in [0.5, 0.6) is 0 Å². The summed E-state index contributed by atoms with van der Waals surface area (Å²) in [6, 6.07) is 10.4. The summed E-state index contributed by atoms with van der Waals surface area (Å²) < 4.78 is 0. The summed E-state index contributed by atoms with van der Waals surface area (Å²) in [7, 11) is 0. The Bertz CT molecular complexity index is 686. The molecule has 2 rings (SSSR count). The molecule has 90 valence electrons. The van der Waals surface area contributed by atoms with Crippen molar-refractivity contribution in [3.05, 3.63) is 56.4 Å². The third kappa shape index (κ3) is 2.56. The number of aromatic amines is 1. The lowest BCUT2D eigenvalue weighted by atomic mass is 10.1. The molecule has 0 radical (unpaired) electrons. The molecule has 1 aromatic carbocycles. The lowest BCUT2D eigenvalue weighted by Gasteiger charge is -2.03. The van der Waals surface area contributed by atoms with E-state index in [1.165, 1.54) is 0 Å². The molecule has 1 aromatic heterocycles. The molecule has 0 bridgehead atoms. The molecular weight excluding hydrogens is 271 g/mol. The average Bonchev–Trinajstić information content (AvgIpc) is 2.34. The molecule has 0 saturated heterocycles. The van der Waals surface area contributed by atoms with Gasteiger partial charge >= 0.3 is 0 Å². The van der Waals surface area contributed by atoms with Crippen molar-refractivity contribution in [3.8, 4) is 17.2 Å². The largest absolute Gasteiger partial charge is 0.325 e. The monoisotopic (exact) mass is 278 g/mol. The summed E-state index contributed by atoms with van der Waals surface area (Å²) in [5, 5.41) is 9.40. The number of rotatable bonds is 2. The number of halogens is 2. The molecule has 0 aliphatic heterocycles. The van der Waals surface area contributed by atoms with E-state index in [2.05, 4.69) is 4.98 Å². The van der Waals surface area contributed by atoms with Crippen molar-refractivity contribution in [3.63, 3.8) is 0 Å². The summed E-state index contributed by atoms with van der Waals surface area (Å²) >= 11 is 11.7. The van der Waals surface area contributed by atoms with Crippen molar-refractivity contribution in [1.82, 2.24) is 4.98 Å². The third-order valence-electron chi connectivity index (χ3n) is 2.47. The number of H-pyrrole nitrogens is 1. The van der Waals surface area contributed by atoms with Gasteiger partial charge in [-0.2, -0.15) is 5.26 Å². The van der Waals surface area contributed by atoms with Crippen molar-refractivity contribution in [2.45, 2.75) is 6.42 Å². The number of aromatic nitrogens is 1. The van der Waals surface area contributed by atoms with Gasteiger partial charge < -0.3 is 4.98 Å². The quantitative estimate of drug-likeness (QED) is 0.915. The number of nitrogens with zero attached hydrogens (tertiary/aromatic N) is 1. The van der Waals surface area contributed by atoms with Crippen LogP contribution in [0.4, 0.5) is 0 Å². The molecule has 18 heavy (non-hydrogen) atoms. The van der Waals surface area contributed by atoms with Crippen LogP contribution in [0.15, 0.2) is 35.1 Å². The number of nitrogens with one attached hydrogen (secondary N) is 1. The maximum absolute atomic E-state index is 11.9. The van der Waals surface area contributed by atoms with Crippen molar-refractivity contribution in [2.75, 3.05) is 0 Å². The minimum Gasteiger partial charge on any atom is -0.325 e. The van der Waals surface area contributed by atoms with Gasteiger partial charge in [-0.25, -0.2) is 0 Å². The van der Waals surface area contributed by atoms with Crippen LogP contribution in [-0.2, 0) is 6.42 Å². The van der Waals surface area contributed by atoms with E-state index >= 15 is 0 Å². The Kier molecular flexibility index (Phi) is 3.71. The fourth-order valence-electron chi connectivity index (χ4n) is 1.59. The van der Waals surface area contributed by atoms with E-state index < -0.39 is 0 Å². The van der Waals surface area contributed by atoms with Crippen molar-refractivity contribution in [1.29, 1.82) is 5.26 Å². The molecule has 0 atom stereocenters. The Morgan fingerprint density at radius 1 is 1.17 bits per heavy atom. The van der Waals surface area contributed by atoms with Gasteiger partial charge in [-0.3, -0.25) is 4.79 Å². The minimum atomic E-state index is -0.249. The number of hydrogen-bond donors (Lipinski definition) is 1. The topological polar surface area (TPSA) is 56.6 Å². The first kappa shape index (κ1) is 12.7. The third-order valence-corrected chi connectivity index (χ3v) is 3.21. The highest BCUT2D eigenvalue weighted by molar-refractivity contribution is 6.42. The Hall–Kier alpha value is -1.76. The predicted octanol–water partition coefficient (Wildman–Crippen LogP) is 3.41. The van der Waals surface area contributed by atoms with Crippen LogP contribution in [0, 0.1) is 11.3 Å². The second-order valence-corrected chi connectivity index (χ2v) is 4.50. The predicted molar refractivity (Wildman–Crippen MR) is 71.8 cm³/mol. The van der Waals surface area contributed by atoms with Crippen molar-refractivity contribution >= 4 is 23.2 Å². The SMILES string of the molecule is N#CCc1ccc(-c2ccc(Cl)c(Cl)c2)c(=O)[nH]1. The van der Waals surface area contributed by atoms with Gasteiger partial charge in [0, 0.05) is 11.3 Å². The van der Waals surface area contributed by atoms with Crippen LogP contribution in [0.1, 0.15) is 5.69 Å².